The maximum absolute atomic E-state index is 3.78. The molecule has 0 amide bonds. The predicted molar refractivity (Wildman–Crippen MR) is 107 cm³/mol. The van der Waals surface area contributed by atoms with E-state index in [1.54, 1.807) is 0 Å². The molecule has 1 saturated heterocycles. The topological polar surface area (TPSA) is 39.3 Å². The predicted octanol–water partition coefficient (Wildman–Crippen LogP) is 2.70. The molecule has 1 heterocycles. The fourth-order valence-electron chi connectivity index (χ4n) is 4.72. The van der Waals surface area contributed by atoms with Gasteiger partial charge in [-0.3, -0.25) is 4.90 Å². The molecule has 0 aromatic heterocycles. The lowest BCUT2D eigenvalue weighted by molar-refractivity contribution is -0.126. The van der Waals surface area contributed by atoms with Gasteiger partial charge in [-0.1, -0.05) is 41.5 Å². The summed E-state index contributed by atoms with van der Waals surface area (Å²) in [6.45, 7) is 28.8. The second-order valence-electron chi connectivity index (χ2n) is 10.4. The van der Waals surface area contributed by atoms with Gasteiger partial charge in [0, 0.05) is 56.9 Å². The van der Waals surface area contributed by atoms with Gasteiger partial charge in [-0.2, -0.15) is 0 Å². The van der Waals surface area contributed by atoms with Crippen LogP contribution in [-0.2, 0) is 0 Å². The molecule has 1 rings (SSSR count). The third-order valence-electron chi connectivity index (χ3n) is 5.60. The second-order valence-corrected chi connectivity index (χ2v) is 10.4. The minimum atomic E-state index is 0.0547. The van der Waals surface area contributed by atoms with Crippen molar-refractivity contribution >= 4 is 0 Å². The van der Waals surface area contributed by atoms with Gasteiger partial charge in [0.15, 0.2) is 0 Å². The van der Waals surface area contributed by atoms with Crippen molar-refractivity contribution in [3.8, 4) is 0 Å². The van der Waals surface area contributed by atoms with Gasteiger partial charge in [-0.25, -0.2) is 0 Å². The van der Waals surface area contributed by atoms with Crippen LogP contribution in [0, 0.1) is 10.8 Å². The fraction of sp³-hybridized carbons (Fsp3) is 1.00. The Labute approximate surface area is 151 Å². The minimum Gasteiger partial charge on any atom is -0.314 e. The Morgan fingerprint density at radius 2 is 1.04 bits per heavy atom. The average Bonchev–Trinajstić information content (AvgIpc) is 2.34. The number of hydrogen-bond donors (Lipinski definition) is 3. The number of hydrogen-bond acceptors (Lipinski definition) is 4. The molecule has 0 aliphatic carbocycles. The van der Waals surface area contributed by atoms with Crippen LogP contribution in [0.5, 0.6) is 0 Å². The average molecular weight is 341 g/mol. The first kappa shape index (κ1) is 21.9. The Morgan fingerprint density at radius 3 is 1.46 bits per heavy atom. The van der Waals surface area contributed by atoms with Gasteiger partial charge in [-0.15, -0.1) is 0 Å². The lowest BCUT2D eigenvalue weighted by atomic mass is 9.57. The van der Waals surface area contributed by atoms with E-state index in [1.807, 2.05) is 0 Å². The van der Waals surface area contributed by atoms with Crippen LogP contribution in [0.2, 0.25) is 0 Å². The Hall–Kier alpha value is -0.160. The Balaban J connectivity index is 3.36. The van der Waals surface area contributed by atoms with E-state index >= 15 is 0 Å². The number of nitrogens with zero attached hydrogens (tertiary/aromatic N) is 1. The fourth-order valence-corrected chi connectivity index (χ4v) is 4.72. The third kappa shape index (κ3) is 4.94. The van der Waals surface area contributed by atoms with Gasteiger partial charge in [0.25, 0.3) is 0 Å². The molecule has 4 nitrogen and oxygen atoms in total. The van der Waals surface area contributed by atoms with Gasteiger partial charge >= 0.3 is 0 Å². The highest BCUT2D eigenvalue weighted by Gasteiger charge is 2.56. The van der Waals surface area contributed by atoms with E-state index in [0.717, 1.165) is 45.8 Å². The summed E-state index contributed by atoms with van der Waals surface area (Å²) in [6, 6.07) is 0. The van der Waals surface area contributed by atoms with Crippen molar-refractivity contribution in [2.75, 3.05) is 45.8 Å². The van der Waals surface area contributed by atoms with E-state index < -0.39 is 0 Å². The van der Waals surface area contributed by atoms with Crippen molar-refractivity contribution in [1.82, 2.24) is 20.9 Å². The van der Waals surface area contributed by atoms with E-state index in [4.69, 9.17) is 0 Å². The maximum atomic E-state index is 3.78. The molecule has 144 valence electrons. The van der Waals surface area contributed by atoms with Crippen molar-refractivity contribution in [2.24, 2.45) is 10.8 Å². The SMILES string of the molecule is CC(C)(C)N1CCNCCNCCNCC1(C(C)(C)C)C(C)(C)C. The first-order valence-electron chi connectivity index (χ1n) is 9.74. The van der Waals surface area contributed by atoms with Crippen molar-refractivity contribution in [2.45, 2.75) is 73.4 Å². The standard InChI is InChI=1S/C20H44N4/c1-17(2,3)20(18(4,5)6)16-23-13-12-21-10-11-22-14-15-24(20)19(7,8)9/h21-23H,10-16H2,1-9H3. The van der Waals surface area contributed by atoms with Crippen molar-refractivity contribution in [3.63, 3.8) is 0 Å². The summed E-state index contributed by atoms with van der Waals surface area (Å²) in [4.78, 5) is 2.77. The second kappa shape index (κ2) is 8.03. The van der Waals surface area contributed by atoms with Crippen molar-refractivity contribution < 1.29 is 0 Å². The van der Waals surface area contributed by atoms with Crippen LogP contribution in [0.1, 0.15) is 62.3 Å². The van der Waals surface area contributed by atoms with Gasteiger partial charge in [0.2, 0.25) is 0 Å². The summed E-state index contributed by atoms with van der Waals surface area (Å²) in [6.07, 6.45) is 0. The van der Waals surface area contributed by atoms with Crippen LogP contribution in [0.3, 0.4) is 0 Å². The molecule has 0 atom stereocenters. The number of nitrogens with one attached hydrogen (secondary N) is 3. The Kier molecular flexibility index (Phi) is 7.32. The van der Waals surface area contributed by atoms with Crippen LogP contribution in [0.25, 0.3) is 0 Å². The summed E-state index contributed by atoms with van der Waals surface area (Å²) in [5, 5.41) is 10.9. The Bertz CT molecular complexity index is 357. The summed E-state index contributed by atoms with van der Waals surface area (Å²) >= 11 is 0. The molecule has 0 aromatic carbocycles. The lowest BCUT2D eigenvalue weighted by Gasteiger charge is -2.63. The van der Waals surface area contributed by atoms with Gasteiger partial charge < -0.3 is 16.0 Å². The van der Waals surface area contributed by atoms with E-state index in [1.165, 1.54) is 0 Å². The molecule has 4 heteroatoms. The first-order chi connectivity index (χ1) is 10.8. The zero-order chi connectivity index (χ0) is 18.6. The van der Waals surface area contributed by atoms with Crippen molar-refractivity contribution in [3.05, 3.63) is 0 Å². The van der Waals surface area contributed by atoms with Crippen molar-refractivity contribution in [1.29, 1.82) is 0 Å². The summed E-state index contributed by atoms with van der Waals surface area (Å²) in [5.74, 6) is 0. The van der Waals surface area contributed by atoms with E-state index in [-0.39, 0.29) is 21.9 Å². The molecule has 1 aliphatic heterocycles. The molecule has 0 bridgehead atoms. The summed E-state index contributed by atoms with van der Waals surface area (Å²) < 4.78 is 0. The van der Waals surface area contributed by atoms with E-state index in [0.29, 0.717) is 0 Å². The van der Waals surface area contributed by atoms with Crippen LogP contribution in [0.15, 0.2) is 0 Å². The highest BCUT2D eigenvalue weighted by Crippen LogP contribution is 2.50. The zero-order valence-corrected chi connectivity index (χ0v) is 17.9. The monoisotopic (exact) mass is 340 g/mol. The van der Waals surface area contributed by atoms with Gasteiger partial charge in [-0.05, 0) is 31.6 Å². The minimum absolute atomic E-state index is 0.0547. The highest BCUT2D eigenvalue weighted by molar-refractivity contribution is 5.11. The molecule has 1 aliphatic rings. The van der Waals surface area contributed by atoms with Crippen LogP contribution < -0.4 is 16.0 Å². The molecular weight excluding hydrogens is 296 g/mol. The molecule has 0 spiro atoms. The smallest absolute Gasteiger partial charge is 0.0435 e. The molecule has 0 radical (unpaired) electrons. The highest BCUT2D eigenvalue weighted by atomic mass is 15.3. The third-order valence-corrected chi connectivity index (χ3v) is 5.60. The maximum Gasteiger partial charge on any atom is 0.0435 e. The van der Waals surface area contributed by atoms with Gasteiger partial charge in [0.1, 0.15) is 0 Å². The van der Waals surface area contributed by atoms with Crippen LogP contribution in [0.4, 0.5) is 0 Å². The molecular formula is C20H44N4. The van der Waals surface area contributed by atoms with Crippen LogP contribution in [-0.4, -0.2) is 61.8 Å². The Morgan fingerprint density at radius 1 is 0.625 bits per heavy atom. The molecule has 3 N–H and O–H groups in total. The largest absolute Gasteiger partial charge is 0.314 e. The quantitative estimate of drug-likeness (QED) is 0.634. The van der Waals surface area contributed by atoms with Gasteiger partial charge in [0.05, 0.1) is 0 Å². The van der Waals surface area contributed by atoms with E-state index in [9.17, 15) is 0 Å². The summed E-state index contributed by atoms with van der Waals surface area (Å²) in [5.41, 5.74) is 0.484. The van der Waals surface area contributed by atoms with E-state index in [2.05, 4.69) is 83.2 Å². The molecule has 0 unspecified atom stereocenters. The summed E-state index contributed by atoms with van der Waals surface area (Å²) in [7, 11) is 0. The molecule has 0 aromatic rings. The number of rotatable bonds is 0. The zero-order valence-electron chi connectivity index (χ0n) is 17.9. The molecule has 0 saturated carbocycles. The molecule has 1 fully saturated rings. The normalized spacial score (nSPS) is 23.4. The van der Waals surface area contributed by atoms with Crippen LogP contribution >= 0.6 is 0 Å². The molecule has 24 heavy (non-hydrogen) atoms. The first-order valence-corrected chi connectivity index (χ1v) is 9.74. The lowest BCUT2D eigenvalue weighted by Crippen LogP contribution is -2.73.